The second kappa shape index (κ2) is 14.9. The fourth-order valence-electron chi connectivity index (χ4n) is 4.75. The van der Waals surface area contributed by atoms with Crippen molar-refractivity contribution in [3.05, 3.63) is 35.9 Å². The van der Waals surface area contributed by atoms with Crippen LogP contribution in [0, 0.1) is 5.41 Å². The molecule has 2 N–H and O–H groups in total. The number of rotatable bonds is 13. The van der Waals surface area contributed by atoms with E-state index in [1.54, 1.807) is 0 Å². The predicted molar refractivity (Wildman–Crippen MR) is 141 cm³/mol. The molecule has 1 aromatic carbocycles. The van der Waals surface area contributed by atoms with Crippen molar-refractivity contribution >= 4 is 18.0 Å². The predicted octanol–water partition coefficient (Wildman–Crippen LogP) is 6.05. The minimum Gasteiger partial charge on any atom is -0.461 e. The molecule has 2 rings (SSSR count). The van der Waals surface area contributed by atoms with E-state index in [0.717, 1.165) is 56.9 Å². The van der Waals surface area contributed by atoms with Gasteiger partial charge in [-0.05, 0) is 57.4 Å². The van der Waals surface area contributed by atoms with Gasteiger partial charge in [-0.1, -0.05) is 69.4 Å². The number of carbonyl (C=O) groups excluding carboxylic acids is 3. The van der Waals surface area contributed by atoms with Crippen LogP contribution in [0.5, 0.6) is 0 Å². The molecule has 202 valence electrons. The van der Waals surface area contributed by atoms with E-state index in [2.05, 4.69) is 17.6 Å². The number of unbranched alkanes of at least 4 members (excludes halogenated alkanes) is 1. The lowest BCUT2D eigenvalue weighted by molar-refractivity contribution is -0.145. The maximum atomic E-state index is 13.1. The average Bonchev–Trinajstić information content (AvgIpc) is 2.83. The highest BCUT2D eigenvalue weighted by Crippen LogP contribution is 2.39. The van der Waals surface area contributed by atoms with Gasteiger partial charge in [-0.2, -0.15) is 0 Å². The smallest absolute Gasteiger partial charge is 0.407 e. The molecule has 0 saturated heterocycles. The molecule has 1 aromatic rings. The lowest BCUT2D eigenvalue weighted by Crippen LogP contribution is -2.45. The van der Waals surface area contributed by atoms with Gasteiger partial charge < -0.3 is 20.1 Å². The van der Waals surface area contributed by atoms with Crippen LogP contribution in [0.1, 0.15) is 104 Å². The van der Waals surface area contributed by atoms with Crippen molar-refractivity contribution in [2.75, 3.05) is 6.54 Å². The standard InChI is InChI=1S/C29H46N2O5/c1-5-6-15-24(16-17-26(33)35-21-23-13-9-7-10-14-23)31-25(32)20-29(18-11-8-12-19-29)22-30-27(34)36-28(2,3)4/h7,9-10,13-14,24H,5-6,8,11-12,15-22H2,1-4H3,(H,30,34)(H,31,32)/t24-/m0/s1. The molecule has 2 amide bonds. The van der Waals surface area contributed by atoms with E-state index in [9.17, 15) is 14.4 Å². The highest BCUT2D eigenvalue weighted by Gasteiger charge is 2.35. The first kappa shape index (κ1) is 29.7. The Kier molecular flexibility index (Phi) is 12.2. The minimum atomic E-state index is -0.560. The van der Waals surface area contributed by atoms with Crippen LogP contribution in [0.25, 0.3) is 0 Å². The molecule has 0 aromatic heterocycles. The van der Waals surface area contributed by atoms with Gasteiger partial charge in [0.15, 0.2) is 0 Å². The van der Waals surface area contributed by atoms with Crippen molar-refractivity contribution in [2.24, 2.45) is 5.41 Å². The van der Waals surface area contributed by atoms with Gasteiger partial charge >= 0.3 is 12.1 Å². The first-order valence-electron chi connectivity index (χ1n) is 13.6. The zero-order valence-corrected chi connectivity index (χ0v) is 22.7. The molecule has 1 saturated carbocycles. The normalized spacial score (nSPS) is 16.0. The molecule has 36 heavy (non-hydrogen) atoms. The number of alkyl carbamates (subject to hydrolysis) is 1. The van der Waals surface area contributed by atoms with Crippen LogP contribution in [-0.2, 0) is 25.7 Å². The molecule has 7 nitrogen and oxygen atoms in total. The number of ether oxygens (including phenoxy) is 2. The number of benzene rings is 1. The average molecular weight is 503 g/mol. The number of hydrogen-bond donors (Lipinski definition) is 2. The molecule has 0 unspecified atom stereocenters. The minimum absolute atomic E-state index is 0.0124. The molecule has 1 aliphatic carbocycles. The van der Waals surface area contributed by atoms with Gasteiger partial charge in [0, 0.05) is 25.4 Å². The molecule has 0 bridgehead atoms. The third-order valence-corrected chi connectivity index (χ3v) is 6.67. The van der Waals surface area contributed by atoms with Crippen LogP contribution < -0.4 is 10.6 Å². The van der Waals surface area contributed by atoms with Crippen molar-refractivity contribution in [3.63, 3.8) is 0 Å². The number of hydrogen-bond acceptors (Lipinski definition) is 5. The van der Waals surface area contributed by atoms with Crippen LogP contribution >= 0.6 is 0 Å². The molecule has 0 spiro atoms. The Bertz CT molecular complexity index is 813. The summed E-state index contributed by atoms with van der Waals surface area (Å²) in [7, 11) is 0. The number of esters is 1. The lowest BCUT2D eigenvalue weighted by Gasteiger charge is -2.37. The van der Waals surface area contributed by atoms with Crippen LogP contribution in [0.3, 0.4) is 0 Å². The van der Waals surface area contributed by atoms with Gasteiger partial charge in [0.2, 0.25) is 5.91 Å². The summed E-state index contributed by atoms with van der Waals surface area (Å²) < 4.78 is 10.8. The lowest BCUT2D eigenvalue weighted by atomic mass is 9.71. The third kappa shape index (κ3) is 11.9. The topological polar surface area (TPSA) is 93.7 Å². The summed E-state index contributed by atoms with van der Waals surface area (Å²) in [6, 6.07) is 9.55. The van der Waals surface area contributed by atoms with Crippen molar-refractivity contribution in [3.8, 4) is 0 Å². The van der Waals surface area contributed by atoms with E-state index in [0.29, 0.717) is 19.4 Å². The Hall–Kier alpha value is -2.57. The zero-order valence-electron chi connectivity index (χ0n) is 22.7. The van der Waals surface area contributed by atoms with E-state index in [4.69, 9.17) is 9.47 Å². The monoisotopic (exact) mass is 502 g/mol. The molecule has 0 aliphatic heterocycles. The van der Waals surface area contributed by atoms with E-state index in [1.807, 2.05) is 51.1 Å². The Morgan fingerprint density at radius 1 is 1.03 bits per heavy atom. The summed E-state index contributed by atoms with van der Waals surface area (Å²) >= 11 is 0. The SMILES string of the molecule is CCCC[C@@H](CCC(=O)OCc1ccccc1)NC(=O)CC1(CNC(=O)OC(C)(C)C)CCCCC1. The highest BCUT2D eigenvalue weighted by molar-refractivity contribution is 5.77. The molecule has 1 atom stereocenters. The molecular formula is C29H46N2O5. The fourth-order valence-corrected chi connectivity index (χ4v) is 4.75. The highest BCUT2D eigenvalue weighted by atomic mass is 16.6. The molecule has 7 heteroatoms. The number of amides is 2. The van der Waals surface area contributed by atoms with Gasteiger partial charge in [0.25, 0.3) is 0 Å². The second-order valence-corrected chi connectivity index (χ2v) is 11.2. The molecule has 0 radical (unpaired) electrons. The van der Waals surface area contributed by atoms with Crippen molar-refractivity contribution in [2.45, 2.75) is 117 Å². The van der Waals surface area contributed by atoms with Crippen molar-refractivity contribution in [1.29, 1.82) is 0 Å². The summed E-state index contributed by atoms with van der Waals surface area (Å²) in [5.41, 5.74) is 0.137. The second-order valence-electron chi connectivity index (χ2n) is 11.2. The van der Waals surface area contributed by atoms with Crippen LogP contribution in [0.15, 0.2) is 30.3 Å². The number of nitrogens with one attached hydrogen (secondary N) is 2. The Labute approximate surface area is 217 Å². The van der Waals surface area contributed by atoms with Gasteiger partial charge in [-0.15, -0.1) is 0 Å². The summed E-state index contributed by atoms with van der Waals surface area (Å²) in [5, 5.41) is 6.10. The van der Waals surface area contributed by atoms with Crippen LogP contribution in [0.2, 0.25) is 0 Å². The van der Waals surface area contributed by atoms with E-state index in [-0.39, 0.29) is 36.4 Å². The summed E-state index contributed by atoms with van der Waals surface area (Å²) in [6.07, 6.45) is 8.65. The zero-order chi connectivity index (χ0) is 26.4. The summed E-state index contributed by atoms with van der Waals surface area (Å²) in [4.78, 5) is 37.7. The first-order chi connectivity index (χ1) is 17.1. The summed E-state index contributed by atoms with van der Waals surface area (Å²) in [5.74, 6) is -0.262. The first-order valence-corrected chi connectivity index (χ1v) is 13.6. The van der Waals surface area contributed by atoms with E-state index >= 15 is 0 Å². The van der Waals surface area contributed by atoms with Crippen molar-refractivity contribution < 1.29 is 23.9 Å². The Morgan fingerprint density at radius 3 is 2.36 bits per heavy atom. The molecule has 1 aliphatic rings. The maximum Gasteiger partial charge on any atom is 0.407 e. The van der Waals surface area contributed by atoms with Gasteiger partial charge in [-0.3, -0.25) is 9.59 Å². The van der Waals surface area contributed by atoms with E-state index in [1.165, 1.54) is 0 Å². The number of carbonyl (C=O) groups is 3. The third-order valence-electron chi connectivity index (χ3n) is 6.67. The van der Waals surface area contributed by atoms with Crippen molar-refractivity contribution in [1.82, 2.24) is 10.6 Å². The van der Waals surface area contributed by atoms with Crippen LogP contribution in [-0.4, -0.2) is 36.2 Å². The van der Waals surface area contributed by atoms with E-state index < -0.39 is 11.7 Å². The quantitative estimate of drug-likeness (QED) is 0.320. The largest absolute Gasteiger partial charge is 0.461 e. The molecule has 0 heterocycles. The molecular weight excluding hydrogens is 456 g/mol. The van der Waals surface area contributed by atoms with Gasteiger partial charge in [0.05, 0.1) is 0 Å². The maximum absolute atomic E-state index is 13.1. The summed E-state index contributed by atoms with van der Waals surface area (Å²) in [6.45, 7) is 8.32. The fraction of sp³-hybridized carbons (Fsp3) is 0.690. The van der Waals surface area contributed by atoms with Crippen LogP contribution in [0.4, 0.5) is 4.79 Å². The Morgan fingerprint density at radius 2 is 1.72 bits per heavy atom. The van der Waals surface area contributed by atoms with Gasteiger partial charge in [-0.25, -0.2) is 4.79 Å². The Balaban J connectivity index is 1.88. The molecule has 1 fully saturated rings. The van der Waals surface area contributed by atoms with Gasteiger partial charge in [0.1, 0.15) is 12.2 Å².